The van der Waals surface area contributed by atoms with E-state index in [1.54, 1.807) is 6.92 Å². The quantitative estimate of drug-likeness (QED) is 0.543. The van der Waals surface area contributed by atoms with Crippen molar-refractivity contribution < 1.29 is 4.79 Å². The highest BCUT2D eigenvalue weighted by Gasteiger charge is 2.15. The highest BCUT2D eigenvalue weighted by Crippen LogP contribution is 2.23. The van der Waals surface area contributed by atoms with E-state index in [-0.39, 0.29) is 5.78 Å². The van der Waals surface area contributed by atoms with Gasteiger partial charge in [0.2, 0.25) is 0 Å². The van der Waals surface area contributed by atoms with Crippen LogP contribution in [0.15, 0.2) is 17.0 Å². The Hall–Kier alpha value is -0.800. The van der Waals surface area contributed by atoms with Crippen LogP contribution in [-0.4, -0.2) is 12.3 Å². The maximum absolute atomic E-state index is 11.4. The van der Waals surface area contributed by atoms with Crippen molar-refractivity contribution in [2.75, 3.05) is 6.54 Å². The Morgan fingerprint density at radius 3 is 3.00 bits per heavy atom. The lowest BCUT2D eigenvalue weighted by Gasteiger charge is -2.20. The van der Waals surface area contributed by atoms with E-state index in [1.165, 1.54) is 5.56 Å². The van der Waals surface area contributed by atoms with E-state index in [9.17, 15) is 4.79 Å². The van der Waals surface area contributed by atoms with Gasteiger partial charge in [0.1, 0.15) is 0 Å². The number of carbonyl (C=O) groups is 1. The van der Waals surface area contributed by atoms with Crippen LogP contribution in [-0.2, 0) is 13.0 Å². The Kier molecular flexibility index (Phi) is 2.61. The van der Waals surface area contributed by atoms with Gasteiger partial charge in [0.05, 0.1) is 0 Å². The summed E-state index contributed by atoms with van der Waals surface area (Å²) in [6, 6.07) is 3.92. The monoisotopic (exact) mass is 207 g/mol. The molecule has 1 aliphatic rings. The van der Waals surface area contributed by atoms with Crippen LogP contribution in [0.25, 0.3) is 0 Å². The second kappa shape index (κ2) is 3.75. The number of carbonyl (C=O) groups excluding carboxylic acids is 1. The van der Waals surface area contributed by atoms with Crippen molar-refractivity contribution in [1.29, 1.82) is 0 Å². The summed E-state index contributed by atoms with van der Waals surface area (Å²) >= 11 is 4.31. The molecule has 0 aromatic heterocycles. The highest BCUT2D eigenvalue weighted by atomic mass is 32.1. The van der Waals surface area contributed by atoms with E-state index in [0.29, 0.717) is 0 Å². The second-order valence-electron chi connectivity index (χ2n) is 3.61. The Bertz CT molecular complexity index is 387. The topological polar surface area (TPSA) is 29.1 Å². The molecular formula is C11H13NOS. The van der Waals surface area contributed by atoms with E-state index >= 15 is 0 Å². The van der Waals surface area contributed by atoms with Crippen molar-refractivity contribution in [3.8, 4) is 0 Å². The Morgan fingerprint density at radius 1 is 1.50 bits per heavy atom. The van der Waals surface area contributed by atoms with Gasteiger partial charge in [-0.3, -0.25) is 4.79 Å². The lowest BCUT2D eigenvalue weighted by molar-refractivity contribution is 0.101. The maximum Gasteiger partial charge on any atom is 0.160 e. The Labute approximate surface area is 89.1 Å². The average Bonchev–Trinajstić information content (AvgIpc) is 2.16. The summed E-state index contributed by atoms with van der Waals surface area (Å²) in [5.74, 6) is 0.126. The molecule has 1 aromatic carbocycles. The van der Waals surface area contributed by atoms with Crippen molar-refractivity contribution in [3.05, 3.63) is 28.8 Å². The molecule has 1 N–H and O–H groups in total. The molecule has 0 aliphatic carbocycles. The van der Waals surface area contributed by atoms with Gasteiger partial charge in [0, 0.05) is 17.0 Å². The van der Waals surface area contributed by atoms with E-state index in [2.05, 4.69) is 24.0 Å². The molecule has 0 bridgehead atoms. The third-order valence-electron chi connectivity index (χ3n) is 2.58. The number of ketones is 1. The van der Waals surface area contributed by atoms with Crippen LogP contribution in [0.5, 0.6) is 0 Å². The zero-order valence-corrected chi connectivity index (χ0v) is 9.03. The number of hydrogen-bond donors (Lipinski definition) is 2. The fourth-order valence-electron chi connectivity index (χ4n) is 1.90. The van der Waals surface area contributed by atoms with E-state index < -0.39 is 0 Å². The minimum absolute atomic E-state index is 0.126. The lowest BCUT2D eigenvalue weighted by atomic mass is 9.94. The molecule has 14 heavy (non-hydrogen) atoms. The van der Waals surface area contributed by atoms with Crippen LogP contribution in [0.3, 0.4) is 0 Å². The SMILES string of the molecule is CC(=O)c1cc(S)cc2c1CNCC2. The number of nitrogens with one attached hydrogen (secondary N) is 1. The van der Waals surface area contributed by atoms with Gasteiger partial charge in [-0.05, 0) is 43.1 Å². The van der Waals surface area contributed by atoms with Gasteiger partial charge in [0.15, 0.2) is 5.78 Å². The molecule has 0 saturated heterocycles. The molecule has 1 heterocycles. The Balaban J connectivity index is 2.58. The van der Waals surface area contributed by atoms with Gasteiger partial charge >= 0.3 is 0 Å². The minimum atomic E-state index is 0.126. The van der Waals surface area contributed by atoms with Crippen molar-refractivity contribution in [1.82, 2.24) is 5.32 Å². The molecule has 74 valence electrons. The zero-order valence-electron chi connectivity index (χ0n) is 8.13. The smallest absolute Gasteiger partial charge is 0.160 e. The highest BCUT2D eigenvalue weighted by molar-refractivity contribution is 7.80. The van der Waals surface area contributed by atoms with Crippen LogP contribution in [0.2, 0.25) is 0 Å². The van der Waals surface area contributed by atoms with Gasteiger partial charge in [-0.25, -0.2) is 0 Å². The summed E-state index contributed by atoms with van der Waals surface area (Å²) in [6.45, 7) is 3.40. The first-order chi connectivity index (χ1) is 6.68. The van der Waals surface area contributed by atoms with E-state index in [4.69, 9.17) is 0 Å². The van der Waals surface area contributed by atoms with Crippen LogP contribution < -0.4 is 5.32 Å². The number of hydrogen-bond acceptors (Lipinski definition) is 3. The normalized spacial score (nSPS) is 15.0. The maximum atomic E-state index is 11.4. The molecule has 0 atom stereocenters. The molecule has 1 aromatic rings. The lowest BCUT2D eigenvalue weighted by Crippen LogP contribution is -2.25. The number of fused-ring (bicyclic) bond motifs is 1. The van der Waals surface area contributed by atoms with Crippen LogP contribution >= 0.6 is 12.6 Å². The van der Waals surface area contributed by atoms with E-state index in [0.717, 1.165) is 35.5 Å². The molecule has 0 unspecified atom stereocenters. The molecule has 0 radical (unpaired) electrons. The molecule has 3 heteroatoms. The van der Waals surface area contributed by atoms with E-state index in [1.807, 2.05) is 6.07 Å². The third kappa shape index (κ3) is 1.70. The number of rotatable bonds is 1. The molecule has 2 nitrogen and oxygen atoms in total. The predicted octanol–water partition coefficient (Wildman–Crippen LogP) is 1.82. The number of benzene rings is 1. The predicted molar refractivity (Wildman–Crippen MR) is 59.1 cm³/mol. The second-order valence-corrected chi connectivity index (χ2v) is 4.13. The summed E-state index contributed by atoms with van der Waals surface area (Å²) in [5, 5.41) is 3.28. The van der Waals surface area contributed by atoms with Crippen molar-refractivity contribution in [3.63, 3.8) is 0 Å². The van der Waals surface area contributed by atoms with Gasteiger partial charge in [-0.2, -0.15) is 0 Å². The van der Waals surface area contributed by atoms with Gasteiger partial charge in [-0.1, -0.05) is 0 Å². The zero-order chi connectivity index (χ0) is 10.1. The fourth-order valence-corrected chi connectivity index (χ4v) is 2.18. The van der Waals surface area contributed by atoms with Gasteiger partial charge in [0.25, 0.3) is 0 Å². The van der Waals surface area contributed by atoms with Gasteiger partial charge < -0.3 is 5.32 Å². The molecule has 2 rings (SSSR count). The minimum Gasteiger partial charge on any atom is -0.312 e. The first-order valence-corrected chi connectivity index (χ1v) is 5.19. The molecule has 0 saturated carbocycles. The van der Waals surface area contributed by atoms with Crippen LogP contribution in [0.1, 0.15) is 28.4 Å². The van der Waals surface area contributed by atoms with Crippen LogP contribution in [0.4, 0.5) is 0 Å². The fraction of sp³-hybridized carbons (Fsp3) is 0.364. The number of thiol groups is 1. The molecule has 0 fully saturated rings. The summed E-state index contributed by atoms with van der Waals surface area (Å²) < 4.78 is 0. The largest absolute Gasteiger partial charge is 0.312 e. The van der Waals surface area contributed by atoms with Crippen LogP contribution in [0, 0.1) is 0 Å². The average molecular weight is 207 g/mol. The molecule has 0 amide bonds. The summed E-state index contributed by atoms with van der Waals surface area (Å²) in [7, 11) is 0. The van der Waals surface area contributed by atoms with Crippen molar-refractivity contribution in [2.24, 2.45) is 0 Å². The summed E-state index contributed by atoms with van der Waals surface area (Å²) in [4.78, 5) is 12.3. The number of Topliss-reactive ketones (excluding diaryl/α,β-unsaturated/α-hetero) is 1. The summed E-state index contributed by atoms with van der Waals surface area (Å²) in [6.07, 6.45) is 0.990. The van der Waals surface area contributed by atoms with Crippen molar-refractivity contribution >= 4 is 18.4 Å². The first-order valence-electron chi connectivity index (χ1n) is 4.75. The molecule has 1 aliphatic heterocycles. The van der Waals surface area contributed by atoms with Gasteiger partial charge in [-0.15, -0.1) is 12.6 Å². The standard InChI is InChI=1S/C11H13NOS/c1-7(13)10-5-9(14)4-8-2-3-12-6-11(8)10/h4-5,12,14H,2-3,6H2,1H3. The molecular weight excluding hydrogens is 194 g/mol. The van der Waals surface area contributed by atoms with Crippen molar-refractivity contribution in [2.45, 2.75) is 24.8 Å². The third-order valence-corrected chi connectivity index (χ3v) is 2.84. The Morgan fingerprint density at radius 2 is 2.29 bits per heavy atom. The molecule has 0 spiro atoms. The summed E-state index contributed by atoms with van der Waals surface area (Å²) in [5.41, 5.74) is 3.24. The first kappa shape index (κ1) is 9.74.